The van der Waals surface area contributed by atoms with Gasteiger partial charge >= 0.3 is 0 Å². The molecular weight excluding hydrogens is 448 g/mol. The number of hydrogen-bond donors (Lipinski definition) is 0. The molecule has 0 unspecified atom stereocenters. The Labute approximate surface area is 202 Å². The first-order valence-corrected chi connectivity index (χ1v) is 13.0. The fourth-order valence-electron chi connectivity index (χ4n) is 5.07. The molecular formula is C25H28N6O2S. The van der Waals surface area contributed by atoms with E-state index in [0.717, 1.165) is 73.1 Å². The van der Waals surface area contributed by atoms with Gasteiger partial charge < -0.3 is 9.47 Å². The molecule has 0 atom stereocenters. The Morgan fingerprint density at radius 2 is 2.00 bits per heavy atom. The maximum atomic E-state index is 6.61. The van der Waals surface area contributed by atoms with Crippen molar-refractivity contribution in [2.45, 2.75) is 50.7 Å². The summed E-state index contributed by atoms with van der Waals surface area (Å²) >= 11 is 1.74. The Hall–Kier alpha value is -2.75. The minimum Gasteiger partial charge on any atom is -0.452 e. The monoisotopic (exact) mass is 476 g/mol. The van der Waals surface area contributed by atoms with E-state index in [2.05, 4.69) is 43.7 Å². The van der Waals surface area contributed by atoms with Gasteiger partial charge in [0.25, 0.3) is 0 Å². The van der Waals surface area contributed by atoms with E-state index in [1.165, 1.54) is 29.0 Å². The Balaban J connectivity index is 1.25. The molecule has 1 saturated heterocycles. The lowest BCUT2D eigenvalue weighted by Crippen LogP contribution is -2.30. The normalized spacial score (nSPS) is 19.6. The lowest BCUT2D eigenvalue weighted by atomic mass is 9.96. The molecule has 1 aliphatic carbocycles. The molecule has 1 saturated carbocycles. The van der Waals surface area contributed by atoms with Crippen LogP contribution in [-0.2, 0) is 17.8 Å². The summed E-state index contributed by atoms with van der Waals surface area (Å²) in [5.74, 6) is 2.12. The van der Waals surface area contributed by atoms with Gasteiger partial charge in [0.15, 0.2) is 5.75 Å². The van der Waals surface area contributed by atoms with Crippen LogP contribution in [-0.4, -0.2) is 56.3 Å². The number of likely N-dealkylation sites (N-methyl/N-ethyl adjacent to an activating group) is 1. The van der Waals surface area contributed by atoms with E-state index in [0.29, 0.717) is 12.0 Å². The van der Waals surface area contributed by atoms with Crippen molar-refractivity contribution in [1.82, 2.24) is 29.4 Å². The Morgan fingerprint density at radius 3 is 2.85 bits per heavy atom. The van der Waals surface area contributed by atoms with E-state index in [4.69, 9.17) is 14.6 Å². The smallest absolute Gasteiger partial charge is 0.168 e. The van der Waals surface area contributed by atoms with E-state index < -0.39 is 0 Å². The predicted molar refractivity (Wildman–Crippen MR) is 131 cm³/mol. The van der Waals surface area contributed by atoms with Crippen molar-refractivity contribution in [2.75, 3.05) is 26.8 Å². The largest absolute Gasteiger partial charge is 0.452 e. The third-order valence-corrected chi connectivity index (χ3v) is 8.35. The van der Waals surface area contributed by atoms with Crippen LogP contribution in [0.1, 0.15) is 49.0 Å². The summed E-state index contributed by atoms with van der Waals surface area (Å²) in [5, 5.41) is 9.62. The molecule has 6 heterocycles. The van der Waals surface area contributed by atoms with Gasteiger partial charge in [-0.3, -0.25) is 19.2 Å². The number of ether oxygens (including phenoxy) is 2. The summed E-state index contributed by atoms with van der Waals surface area (Å²) in [5.41, 5.74) is 4.51. The molecule has 176 valence electrons. The molecule has 3 aliphatic rings. The number of pyridine rings is 1. The minimum atomic E-state index is 0.385. The van der Waals surface area contributed by atoms with Gasteiger partial charge in [-0.15, -0.1) is 11.3 Å². The number of nitrogens with zero attached hydrogens (tertiary/aromatic N) is 6. The van der Waals surface area contributed by atoms with E-state index in [9.17, 15) is 0 Å². The van der Waals surface area contributed by atoms with Crippen LogP contribution in [0.3, 0.4) is 0 Å². The van der Waals surface area contributed by atoms with E-state index in [1.54, 1.807) is 11.3 Å². The number of thiophene rings is 1. The fraction of sp³-hybridized carbons (Fsp3) is 0.480. The predicted octanol–water partition coefficient (Wildman–Crippen LogP) is 4.82. The summed E-state index contributed by atoms with van der Waals surface area (Å²) in [6.45, 7) is 4.46. The van der Waals surface area contributed by atoms with E-state index in [-0.39, 0.29) is 0 Å². The molecule has 7 rings (SSSR count). The molecule has 0 bridgehead atoms. The standard InChI is InChI=1S/C25H28N6O2S/c1-29-8-9-30-20(14-29)18(13-27-30)23-12-19-25(34-23)21(4-7-26-19)33-22-15-31(17-2-3-17)28-24(22)16-5-10-32-11-6-16/h4,7,12-13,15-17H,2-3,5-6,8-11,14H2,1H3. The van der Waals surface area contributed by atoms with Crippen LogP contribution in [0.15, 0.2) is 30.7 Å². The van der Waals surface area contributed by atoms with E-state index >= 15 is 0 Å². The first-order valence-electron chi connectivity index (χ1n) is 12.2. The van der Waals surface area contributed by atoms with E-state index in [1.807, 2.05) is 18.5 Å². The third-order valence-electron chi connectivity index (χ3n) is 7.18. The molecule has 34 heavy (non-hydrogen) atoms. The highest BCUT2D eigenvalue weighted by Crippen LogP contribution is 2.44. The van der Waals surface area contributed by atoms with Gasteiger partial charge in [-0.1, -0.05) is 0 Å². The minimum absolute atomic E-state index is 0.385. The average Bonchev–Trinajstić information content (AvgIpc) is 3.28. The highest BCUT2D eigenvalue weighted by molar-refractivity contribution is 7.22. The van der Waals surface area contributed by atoms with Crippen molar-refractivity contribution >= 4 is 21.6 Å². The summed E-state index contributed by atoms with van der Waals surface area (Å²) < 4.78 is 17.5. The molecule has 0 N–H and O–H groups in total. The Bertz CT molecular complexity index is 1350. The SMILES string of the molecule is CN1CCn2ncc(-c3cc4nccc(Oc5cn(C6CC6)nc5C5CCOCC5)c4s3)c2C1. The van der Waals surface area contributed by atoms with Crippen LogP contribution in [0.5, 0.6) is 11.5 Å². The van der Waals surface area contributed by atoms with Crippen LogP contribution < -0.4 is 4.74 Å². The second-order valence-corrected chi connectivity index (χ2v) is 10.7. The maximum Gasteiger partial charge on any atom is 0.168 e. The van der Waals surface area contributed by atoms with Gasteiger partial charge in [-0.25, -0.2) is 0 Å². The number of hydrogen-bond acceptors (Lipinski definition) is 7. The Kier molecular flexibility index (Phi) is 4.96. The molecule has 0 amide bonds. The van der Waals surface area contributed by atoms with Crippen molar-refractivity contribution in [3.05, 3.63) is 42.1 Å². The topological polar surface area (TPSA) is 70.2 Å². The second kappa shape index (κ2) is 8.18. The molecule has 2 fully saturated rings. The van der Waals surface area contributed by atoms with Crippen LogP contribution in [0, 0.1) is 0 Å². The van der Waals surface area contributed by atoms with Gasteiger partial charge in [0, 0.05) is 54.9 Å². The zero-order valence-electron chi connectivity index (χ0n) is 19.3. The maximum absolute atomic E-state index is 6.61. The van der Waals surface area contributed by atoms with Crippen LogP contribution in [0.25, 0.3) is 20.7 Å². The average molecular weight is 477 g/mol. The number of rotatable bonds is 5. The molecule has 2 aliphatic heterocycles. The van der Waals surface area contributed by atoms with Crippen LogP contribution in [0.2, 0.25) is 0 Å². The van der Waals surface area contributed by atoms with Gasteiger partial charge in [-0.05, 0) is 38.8 Å². The fourth-order valence-corrected chi connectivity index (χ4v) is 6.17. The molecule has 0 radical (unpaired) electrons. The molecule has 0 spiro atoms. The first kappa shape index (κ1) is 20.6. The van der Waals surface area contributed by atoms with Gasteiger partial charge in [0.05, 0.1) is 40.9 Å². The number of fused-ring (bicyclic) bond motifs is 2. The van der Waals surface area contributed by atoms with Crippen molar-refractivity contribution in [1.29, 1.82) is 0 Å². The summed E-state index contributed by atoms with van der Waals surface area (Å²) in [6, 6.07) is 4.67. The van der Waals surface area contributed by atoms with Gasteiger partial charge in [-0.2, -0.15) is 10.2 Å². The lowest BCUT2D eigenvalue weighted by molar-refractivity contribution is 0.0839. The van der Waals surface area contributed by atoms with Gasteiger partial charge in [0.1, 0.15) is 11.4 Å². The van der Waals surface area contributed by atoms with Crippen LogP contribution >= 0.6 is 11.3 Å². The van der Waals surface area contributed by atoms with Crippen molar-refractivity contribution in [2.24, 2.45) is 0 Å². The summed E-state index contributed by atoms with van der Waals surface area (Å²) in [6.07, 6.45) is 10.3. The Morgan fingerprint density at radius 1 is 1.12 bits per heavy atom. The first-order chi connectivity index (χ1) is 16.7. The van der Waals surface area contributed by atoms with Crippen molar-refractivity contribution < 1.29 is 9.47 Å². The summed E-state index contributed by atoms with van der Waals surface area (Å²) in [7, 11) is 2.16. The molecule has 4 aromatic rings. The molecule has 0 aromatic carbocycles. The molecule has 9 heteroatoms. The zero-order chi connectivity index (χ0) is 22.6. The highest BCUT2D eigenvalue weighted by atomic mass is 32.1. The molecule has 8 nitrogen and oxygen atoms in total. The quantitative estimate of drug-likeness (QED) is 0.411. The highest BCUT2D eigenvalue weighted by Gasteiger charge is 2.30. The van der Waals surface area contributed by atoms with Gasteiger partial charge in [0.2, 0.25) is 0 Å². The second-order valence-electron chi connectivity index (χ2n) is 9.68. The van der Waals surface area contributed by atoms with Crippen molar-refractivity contribution in [3.63, 3.8) is 0 Å². The van der Waals surface area contributed by atoms with Crippen LogP contribution in [0.4, 0.5) is 0 Å². The third kappa shape index (κ3) is 3.62. The summed E-state index contributed by atoms with van der Waals surface area (Å²) in [4.78, 5) is 8.18. The lowest BCUT2D eigenvalue weighted by Gasteiger charge is -2.24. The zero-order valence-corrected chi connectivity index (χ0v) is 20.1. The number of aromatic nitrogens is 5. The molecule has 4 aromatic heterocycles. The van der Waals surface area contributed by atoms with Crippen molar-refractivity contribution in [3.8, 4) is 21.9 Å².